The summed E-state index contributed by atoms with van der Waals surface area (Å²) in [5.41, 5.74) is 1.16. The Morgan fingerprint density at radius 3 is 2.26 bits per heavy atom. The van der Waals surface area contributed by atoms with E-state index >= 15 is 0 Å². The molecule has 3 heterocycles. The number of piperidine rings is 1. The third kappa shape index (κ3) is 16.0. The lowest BCUT2D eigenvalue weighted by molar-refractivity contribution is -0.285. The number of fused-ring (bicyclic) bond motifs is 3. The van der Waals surface area contributed by atoms with Crippen LogP contribution in [0.25, 0.3) is 0 Å². The van der Waals surface area contributed by atoms with E-state index in [1.165, 1.54) is 21.1 Å². The molecule has 0 aromatic rings. The zero-order valence-electron chi connectivity index (χ0n) is 43.5. The van der Waals surface area contributed by atoms with Crippen molar-refractivity contribution in [1.29, 1.82) is 0 Å². The summed E-state index contributed by atoms with van der Waals surface area (Å²) in [5.74, 6) is -9.41. The third-order valence-electron chi connectivity index (χ3n) is 15.0. The highest BCUT2D eigenvalue weighted by Crippen LogP contribution is 2.38. The van der Waals surface area contributed by atoms with Gasteiger partial charge in [0, 0.05) is 64.4 Å². The number of Topliss-reactive ketones (excluding diaryl/α,β-unsaturated/α-hetero) is 3. The van der Waals surface area contributed by atoms with E-state index in [-0.39, 0.29) is 61.7 Å². The lowest BCUT2D eigenvalue weighted by Crippen LogP contribution is -2.63. The van der Waals surface area contributed by atoms with E-state index in [2.05, 4.69) is 0 Å². The molecule has 2 unspecified atom stereocenters. The average Bonchev–Trinajstić information content (AvgIpc) is 3.32. The Morgan fingerprint density at radius 1 is 0.857 bits per heavy atom. The minimum atomic E-state index is -2.72. The maximum Gasteiger partial charge on any atom is 0.329 e. The molecule has 0 radical (unpaired) electrons. The predicted octanol–water partition coefficient (Wildman–Crippen LogP) is 5.56. The Bertz CT molecular complexity index is 1860. The highest BCUT2D eigenvalue weighted by atomic mass is 16.6. The lowest BCUT2D eigenvalue weighted by Gasteiger charge is -2.44. The number of aliphatic hydroxyl groups excluding tert-OH is 3. The second-order valence-corrected chi connectivity index (χ2v) is 20.5. The summed E-state index contributed by atoms with van der Waals surface area (Å²) < 4.78 is 35.0. The van der Waals surface area contributed by atoms with Gasteiger partial charge in [0.05, 0.1) is 43.7 Å². The largest absolute Gasteiger partial charge is 0.460 e. The Balaban J connectivity index is 1.69. The van der Waals surface area contributed by atoms with Gasteiger partial charge in [-0.25, -0.2) is 4.79 Å². The molecular weight excluding hydrogens is 903 g/mol. The number of methoxy groups -OCH3 is 2. The van der Waals surface area contributed by atoms with Crippen molar-refractivity contribution in [3.8, 4) is 0 Å². The molecular formula is C54H85NO15. The minimum absolute atomic E-state index is 0.0121. The number of ether oxygens (including phenoxy) is 6. The number of nitrogens with zero attached hydrogens (tertiary/aromatic N) is 1. The van der Waals surface area contributed by atoms with Gasteiger partial charge in [0.1, 0.15) is 30.1 Å². The maximum absolute atomic E-state index is 14.5. The van der Waals surface area contributed by atoms with Crippen LogP contribution in [0.2, 0.25) is 0 Å². The summed E-state index contributed by atoms with van der Waals surface area (Å²) in [6.07, 6.45) is 7.62. The minimum Gasteiger partial charge on any atom is -0.460 e. The molecule has 4 N–H and O–H groups in total. The van der Waals surface area contributed by atoms with Gasteiger partial charge in [-0.15, -0.1) is 0 Å². The Morgan fingerprint density at radius 2 is 1.59 bits per heavy atom. The second-order valence-electron chi connectivity index (χ2n) is 20.5. The summed E-state index contributed by atoms with van der Waals surface area (Å²) in [7, 11) is 2.88. The Labute approximate surface area is 416 Å². The van der Waals surface area contributed by atoms with Crippen LogP contribution in [-0.4, -0.2) is 156 Å². The number of hydrogen-bond donors (Lipinski definition) is 4. The quantitative estimate of drug-likeness (QED) is 0.0911. The number of carbonyl (C=O) groups excluding carboxylic acids is 5. The number of allylic oxidation sites excluding steroid dienone is 6. The number of ketones is 3. The van der Waals surface area contributed by atoms with Gasteiger partial charge in [-0.1, -0.05) is 71.1 Å². The van der Waals surface area contributed by atoms with Gasteiger partial charge in [0.2, 0.25) is 5.79 Å². The highest BCUT2D eigenvalue weighted by molar-refractivity contribution is 6.39. The molecule has 1 aliphatic carbocycles. The molecule has 2 saturated heterocycles. The van der Waals surface area contributed by atoms with Gasteiger partial charge < -0.3 is 53.7 Å². The number of hydrogen-bond acceptors (Lipinski definition) is 15. The molecule has 0 aromatic heterocycles. The van der Waals surface area contributed by atoms with Crippen molar-refractivity contribution in [2.24, 2.45) is 35.5 Å². The fourth-order valence-electron chi connectivity index (χ4n) is 10.5. The SMILES string of the molecule is CCOCCO[C@@H]1CC[C@@H](C[C@@H](C)[C@@H]2CC(=O)[C@H](C)/C=C(\C)[C@@H](O)[C@@H](OC)C(=O)[C@H](C)C[C@H](C)/C=C/C=C/C=C(\C)[C@@H](OC)C[C@@H]3CC(O)[C@@H](C)[C@@](O)(O3)C(=O)C(=O)N3CCCC[C@H]3C(=O)O2)CC1O. The fourth-order valence-corrected chi connectivity index (χ4v) is 10.5. The van der Waals surface area contributed by atoms with Crippen molar-refractivity contribution in [2.45, 2.75) is 187 Å². The standard InChI is InChI=1S/C54H85NO15/c1-11-67-23-24-68-45-21-20-39(28-44(45)58)27-35(5)47-31-42(56)34(4)26-37(7)49(60)50(66-10)48(59)36(6)25-32(2)17-13-12-14-18-33(3)46(65-9)30-40-29-43(57)38(8)54(64,70-40)51(61)52(62)55-22-16-15-19-41(55)53(63)69-47/h12-14,17-18,26,32,34-36,38-41,43-47,49-50,57-58,60,64H,11,15-16,19-25,27-31H2,1-10H3/b14-12+,17-13+,33-18+,37-26+/t32-,34-,35-,36-,38-,39+,40+,41+,43?,44?,45-,46+,47+,49-,50+,54-/m1/s1. The number of esters is 1. The first kappa shape index (κ1) is 59.1. The van der Waals surface area contributed by atoms with E-state index in [4.69, 9.17) is 28.4 Å². The van der Waals surface area contributed by atoms with Gasteiger partial charge in [0.15, 0.2) is 5.78 Å². The van der Waals surface area contributed by atoms with Crippen molar-refractivity contribution in [1.82, 2.24) is 4.90 Å². The molecule has 4 rings (SSSR count). The summed E-state index contributed by atoms with van der Waals surface area (Å²) in [6, 6.07) is -1.22. The molecule has 16 nitrogen and oxygen atoms in total. The molecule has 1 saturated carbocycles. The number of aliphatic hydroxyl groups is 4. The molecule has 0 spiro atoms. The molecule has 3 aliphatic heterocycles. The smallest absolute Gasteiger partial charge is 0.329 e. The Hall–Kier alpha value is -3.45. The third-order valence-corrected chi connectivity index (χ3v) is 15.0. The van der Waals surface area contributed by atoms with E-state index in [9.17, 15) is 44.4 Å². The number of cyclic esters (lactones) is 1. The van der Waals surface area contributed by atoms with Gasteiger partial charge in [-0.3, -0.25) is 19.2 Å². The van der Waals surface area contributed by atoms with Gasteiger partial charge in [-0.05, 0) is 101 Å². The molecule has 3 fully saturated rings. The molecule has 16 heteroatoms. The second kappa shape index (κ2) is 28.1. The van der Waals surface area contributed by atoms with E-state index < -0.39 is 95.9 Å². The first-order valence-corrected chi connectivity index (χ1v) is 25.7. The number of rotatable bonds is 10. The van der Waals surface area contributed by atoms with Crippen LogP contribution in [0.5, 0.6) is 0 Å². The molecule has 2 bridgehead atoms. The van der Waals surface area contributed by atoms with Gasteiger partial charge >= 0.3 is 5.97 Å². The van der Waals surface area contributed by atoms with Crippen LogP contribution >= 0.6 is 0 Å². The molecule has 70 heavy (non-hydrogen) atoms. The van der Waals surface area contributed by atoms with Crippen molar-refractivity contribution in [2.75, 3.05) is 40.6 Å². The fraction of sp³-hybridized carbons (Fsp3) is 0.759. The maximum atomic E-state index is 14.5. The first-order chi connectivity index (χ1) is 33.2. The molecule has 16 atom stereocenters. The van der Waals surface area contributed by atoms with Crippen molar-refractivity contribution >= 4 is 29.2 Å². The van der Waals surface area contributed by atoms with Gasteiger partial charge in [0.25, 0.3) is 11.7 Å². The van der Waals surface area contributed by atoms with Crippen LogP contribution in [-0.2, 0) is 52.4 Å². The highest BCUT2D eigenvalue weighted by Gasteiger charge is 2.56. The zero-order chi connectivity index (χ0) is 51.9. The molecule has 0 aromatic carbocycles. The van der Waals surface area contributed by atoms with Crippen molar-refractivity contribution in [3.63, 3.8) is 0 Å². The van der Waals surface area contributed by atoms with Crippen LogP contribution in [0.3, 0.4) is 0 Å². The zero-order valence-corrected chi connectivity index (χ0v) is 43.5. The summed E-state index contributed by atoms with van der Waals surface area (Å²) in [5, 5.41) is 45.7. The normalized spacial score (nSPS) is 39.5. The number of carbonyl (C=O) groups is 5. The number of amides is 1. The lowest BCUT2D eigenvalue weighted by atomic mass is 9.78. The topological polar surface area (TPSA) is 225 Å². The Kier molecular flexibility index (Phi) is 23.7. The van der Waals surface area contributed by atoms with Gasteiger partial charge in [-0.2, -0.15) is 0 Å². The van der Waals surface area contributed by atoms with Crippen LogP contribution in [0.1, 0.15) is 126 Å². The van der Waals surface area contributed by atoms with Crippen LogP contribution in [0.15, 0.2) is 47.6 Å². The monoisotopic (exact) mass is 988 g/mol. The van der Waals surface area contributed by atoms with Crippen molar-refractivity contribution < 1.29 is 72.8 Å². The average molecular weight is 988 g/mol. The molecule has 4 aliphatic rings. The van der Waals surface area contributed by atoms with Crippen LogP contribution < -0.4 is 0 Å². The van der Waals surface area contributed by atoms with E-state index in [1.54, 1.807) is 26.8 Å². The van der Waals surface area contributed by atoms with Crippen LogP contribution in [0.4, 0.5) is 0 Å². The summed E-state index contributed by atoms with van der Waals surface area (Å²) in [6.45, 7) is 15.5. The summed E-state index contributed by atoms with van der Waals surface area (Å²) >= 11 is 0. The van der Waals surface area contributed by atoms with E-state index in [1.807, 2.05) is 58.1 Å². The van der Waals surface area contributed by atoms with Crippen LogP contribution in [0, 0.1) is 35.5 Å². The van der Waals surface area contributed by atoms with E-state index in [0.29, 0.717) is 63.9 Å². The van der Waals surface area contributed by atoms with Crippen molar-refractivity contribution in [3.05, 3.63) is 47.6 Å². The first-order valence-electron chi connectivity index (χ1n) is 25.7. The molecule has 396 valence electrons. The van der Waals surface area contributed by atoms with E-state index in [0.717, 1.165) is 16.9 Å². The molecule has 1 amide bonds. The predicted molar refractivity (Wildman–Crippen MR) is 262 cm³/mol. The summed E-state index contributed by atoms with van der Waals surface area (Å²) in [4.78, 5) is 72.1.